The first-order chi connectivity index (χ1) is 12.3. The minimum atomic E-state index is 0. The molecule has 2 rings (SSSR count). The van der Waals surface area contributed by atoms with E-state index >= 15 is 0 Å². The van der Waals surface area contributed by atoms with E-state index in [1.54, 1.807) is 18.4 Å². The van der Waals surface area contributed by atoms with Crippen molar-refractivity contribution in [3.8, 4) is 0 Å². The number of aryl methyl sites for hydroxylation is 1. The maximum absolute atomic E-state index is 5.78. The van der Waals surface area contributed by atoms with Gasteiger partial charge in [-0.05, 0) is 31.6 Å². The van der Waals surface area contributed by atoms with Gasteiger partial charge in [-0.3, -0.25) is 4.99 Å². The monoisotopic (exact) mass is 496 g/mol. The smallest absolute Gasteiger partial charge is 0.190 e. The largest absolute Gasteiger partial charge is 0.381 e. The fraction of sp³-hybridized carbons (Fsp3) is 0.778. The van der Waals surface area contributed by atoms with Crippen LogP contribution in [0.5, 0.6) is 0 Å². The predicted molar refractivity (Wildman–Crippen MR) is 119 cm³/mol. The summed E-state index contributed by atoms with van der Waals surface area (Å²) in [5.41, 5.74) is 1.16. The summed E-state index contributed by atoms with van der Waals surface area (Å²) < 4.78 is 11.1. The minimum Gasteiger partial charge on any atom is -0.381 e. The van der Waals surface area contributed by atoms with Crippen molar-refractivity contribution in [2.45, 2.75) is 39.0 Å². The molecule has 1 saturated heterocycles. The minimum absolute atomic E-state index is 0. The first-order valence-corrected chi connectivity index (χ1v) is 10.2. The van der Waals surface area contributed by atoms with Crippen molar-refractivity contribution in [2.24, 2.45) is 10.9 Å². The molecule has 2 N–H and O–H groups in total. The molecular weight excluding hydrogens is 463 g/mol. The molecule has 8 heteroatoms. The molecule has 2 heterocycles. The summed E-state index contributed by atoms with van der Waals surface area (Å²) in [6.45, 7) is 7.27. The highest BCUT2D eigenvalue weighted by molar-refractivity contribution is 14.0. The number of aliphatic imine (C=N–C) groups is 1. The second-order valence-corrected chi connectivity index (χ2v) is 7.19. The van der Waals surface area contributed by atoms with Crippen molar-refractivity contribution >= 4 is 41.3 Å². The van der Waals surface area contributed by atoms with Crippen LogP contribution in [0.2, 0.25) is 0 Å². The number of nitrogens with one attached hydrogen (secondary N) is 2. The molecular formula is C18H33IN4O2S. The third kappa shape index (κ3) is 9.48. The third-order valence-corrected chi connectivity index (χ3v) is 5.29. The highest BCUT2D eigenvalue weighted by Crippen LogP contribution is 2.14. The van der Waals surface area contributed by atoms with Gasteiger partial charge in [0.1, 0.15) is 0 Å². The fourth-order valence-corrected chi connectivity index (χ4v) is 3.48. The van der Waals surface area contributed by atoms with Crippen LogP contribution in [-0.4, -0.2) is 57.5 Å². The van der Waals surface area contributed by atoms with Crippen molar-refractivity contribution in [3.63, 3.8) is 0 Å². The number of guanidine groups is 1. The van der Waals surface area contributed by atoms with Gasteiger partial charge in [0.25, 0.3) is 0 Å². The van der Waals surface area contributed by atoms with E-state index in [0.717, 1.165) is 83.3 Å². The Morgan fingerprint density at radius 2 is 2.12 bits per heavy atom. The maximum atomic E-state index is 5.78. The highest BCUT2D eigenvalue weighted by atomic mass is 127. The molecule has 1 aliphatic heterocycles. The SMILES string of the molecule is CCc1nc(CCNC(=NC)NCCCOCC2CCOCC2)cs1.I. The first kappa shape index (κ1) is 23.6. The van der Waals surface area contributed by atoms with E-state index in [1.807, 2.05) is 0 Å². The van der Waals surface area contributed by atoms with Crippen molar-refractivity contribution in [3.05, 3.63) is 16.1 Å². The maximum Gasteiger partial charge on any atom is 0.190 e. The summed E-state index contributed by atoms with van der Waals surface area (Å²) in [6, 6.07) is 0. The number of ether oxygens (including phenoxy) is 2. The van der Waals surface area contributed by atoms with Crippen LogP contribution >= 0.6 is 35.3 Å². The number of rotatable bonds is 10. The molecule has 1 aliphatic rings. The fourth-order valence-electron chi connectivity index (χ4n) is 2.70. The molecule has 0 spiro atoms. The first-order valence-electron chi connectivity index (χ1n) is 9.35. The lowest BCUT2D eigenvalue weighted by molar-refractivity contribution is 0.0203. The van der Waals surface area contributed by atoms with Crippen LogP contribution in [0.1, 0.15) is 36.9 Å². The molecule has 0 unspecified atom stereocenters. The molecule has 0 amide bonds. The van der Waals surface area contributed by atoms with Gasteiger partial charge in [-0.15, -0.1) is 35.3 Å². The van der Waals surface area contributed by atoms with Gasteiger partial charge in [0.15, 0.2) is 5.96 Å². The summed E-state index contributed by atoms with van der Waals surface area (Å²) in [7, 11) is 1.80. The second kappa shape index (κ2) is 14.6. The van der Waals surface area contributed by atoms with Crippen molar-refractivity contribution < 1.29 is 9.47 Å². The molecule has 0 aliphatic carbocycles. The summed E-state index contributed by atoms with van der Waals surface area (Å²) in [6.07, 6.45) is 5.18. The zero-order chi connectivity index (χ0) is 17.7. The normalized spacial score (nSPS) is 15.5. The molecule has 1 fully saturated rings. The van der Waals surface area contributed by atoms with Crippen molar-refractivity contribution in [1.82, 2.24) is 15.6 Å². The topological polar surface area (TPSA) is 67.8 Å². The average Bonchev–Trinajstić information content (AvgIpc) is 3.12. The van der Waals surface area contributed by atoms with E-state index in [2.05, 4.69) is 32.9 Å². The van der Waals surface area contributed by atoms with E-state index < -0.39 is 0 Å². The summed E-state index contributed by atoms with van der Waals surface area (Å²) in [5.74, 6) is 1.52. The van der Waals surface area contributed by atoms with Crippen LogP contribution < -0.4 is 10.6 Å². The molecule has 0 saturated carbocycles. The van der Waals surface area contributed by atoms with Gasteiger partial charge in [-0.2, -0.15) is 0 Å². The van der Waals surface area contributed by atoms with E-state index in [0.29, 0.717) is 5.92 Å². The molecule has 0 atom stereocenters. The van der Waals surface area contributed by atoms with Crippen LogP contribution in [0, 0.1) is 5.92 Å². The zero-order valence-corrected chi connectivity index (χ0v) is 19.1. The Balaban J connectivity index is 0.00000338. The summed E-state index contributed by atoms with van der Waals surface area (Å²) in [5, 5.41) is 10.0. The van der Waals surface area contributed by atoms with E-state index in [9.17, 15) is 0 Å². The number of hydrogen-bond donors (Lipinski definition) is 2. The quantitative estimate of drug-likeness (QED) is 0.226. The molecule has 0 radical (unpaired) electrons. The highest BCUT2D eigenvalue weighted by Gasteiger charge is 2.13. The van der Waals surface area contributed by atoms with Gasteiger partial charge in [0.05, 0.1) is 10.7 Å². The van der Waals surface area contributed by atoms with E-state index in [-0.39, 0.29) is 24.0 Å². The van der Waals surface area contributed by atoms with Crippen LogP contribution in [0.15, 0.2) is 10.4 Å². The number of thiazole rings is 1. The second-order valence-electron chi connectivity index (χ2n) is 6.25. The van der Waals surface area contributed by atoms with Crippen LogP contribution in [0.4, 0.5) is 0 Å². The van der Waals surface area contributed by atoms with Gasteiger partial charge in [0, 0.05) is 58.4 Å². The number of halogens is 1. The van der Waals surface area contributed by atoms with Gasteiger partial charge in [-0.1, -0.05) is 6.92 Å². The third-order valence-electron chi connectivity index (χ3n) is 4.25. The predicted octanol–water partition coefficient (Wildman–Crippen LogP) is 2.86. The van der Waals surface area contributed by atoms with Crippen LogP contribution in [-0.2, 0) is 22.3 Å². The number of nitrogens with zero attached hydrogens (tertiary/aromatic N) is 2. The molecule has 0 bridgehead atoms. The Labute approximate surface area is 178 Å². The lowest BCUT2D eigenvalue weighted by Crippen LogP contribution is -2.39. The lowest BCUT2D eigenvalue weighted by atomic mass is 10.0. The number of aromatic nitrogens is 1. The number of hydrogen-bond acceptors (Lipinski definition) is 5. The summed E-state index contributed by atoms with van der Waals surface area (Å²) in [4.78, 5) is 8.83. The standard InChI is InChI=1S/C18H32N4O2S.HI/c1-3-17-22-16(14-25-17)5-9-21-18(19-2)20-8-4-10-24-13-15-6-11-23-12-7-15;/h14-15H,3-13H2,1-2H3,(H2,19,20,21);1H. The lowest BCUT2D eigenvalue weighted by Gasteiger charge is -2.21. The van der Waals surface area contributed by atoms with Crippen molar-refractivity contribution in [1.29, 1.82) is 0 Å². The Hall–Kier alpha value is -0.450. The Morgan fingerprint density at radius 3 is 2.81 bits per heavy atom. The Morgan fingerprint density at radius 1 is 1.35 bits per heavy atom. The van der Waals surface area contributed by atoms with Gasteiger partial charge in [-0.25, -0.2) is 4.98 Å². The average molecular weight is 496 g/mol. The zero-order valence-electron chi connectivity index (χ0n) is 16.0. The summed E-state index contributed by atoms with van der Waals surface area (Å²) >= 11 is 1.74. The van der Waals surface area contributed by atoms with E-state index in [1.165, 1.54) is 5.01 Å². The van der Waals surface area contributed by atoms with Gasteiger partial charge in [0.2, 0.25) is 0 Å². The van der Waals surface area contributed by atoms with Crippen LogP contribution in [0.25, 0.3) is 0 Å². The van der Waals surface area contributed by atoms with E-state index in [4.69, 9.17) is 9.47 Å². The van der Waals surface area contributed by atoms with Crippen molar-refractivity contribution in [2.75, 3.05) is 46.6 Å². The molecule has 150 valence electrons. The molecule has 6 nitrogen and oxygen atoms in total. The Kier molecular flexibility index (Phi) is 13.2. The van der Waals surface area contributed by atoms with Gasteiger partial charge >= 0.3 is 0 Å². The molecule has 1 aromatic heterocycles. The Bertz CT molecular complexity index is 507. The van der Waals surface area contributed by atoms with Gasteiger partial charge < -0.3 is 20.1 Å². The molecule has 26 heavy (non-hydrogen) atoms. The molecule has 0 aromatic carbocycles. The van der Waals surface area contributed by atoms with Crippen LogP contribution in [0.3, 0.4) is 0 Å². The molecule has 1 aromatic rings.